The Morgan fingerprint density at radius 1 is 1.03 bits per heavy atom. The van der Waals surface area contributed by atoms with Gasteiger partial charge < -0.3 is 5.32 Å². The van der Waals surface area contributed by atoms with Crippen LogP contribution in [0.1, 0.15) is 11.1 Å². The second kappa shape index (κ2) is 9.79. The highest BCUT2D eigenvalue weighted by Crippen LogP contribution is 2.26. The molecule has 0 radical (unpaired) electrons. The van der Waals surface area contributed by atoms with Gasteiger partial charge in [-0.15, -0.1) is 0 Å². The zero-order chi connectivity index (χ0) is 23.6. The number of hydrogen-bond donors (Lipinski definition) is 1. The van der Waals surface area contributed by atoms with Crippen LogP contribution < -0.4 is 5.32 Å². The maximum Gasteiger partial charge on any atom is 0.243 e. The highest BCUT2D eigenvalue weighted by molar-refractivity contribution is 7.89. The minimum absolute atomic E-state index is 0.0476. The number of aromatic nitrogens is 1. The highest BCUT2D eigenvalue weighted by Gasteiger charge is 2.27. The van der Waals surface area contributed by atoms with Gasteiger partial charge in [-0.1, -0.05) is 47.0 Å². The van der Waals surface area contributed by atoms with Crippen LogP contribution >= 0.6 is 34.7 Å². The van der Waals surface area contributed by atoms with E-state index in [-0.39, 0.29) is 18.0 Å². The van der Waals surface area contributed by atoms with Gasteiger partial charge in [0.1, 0.15) is 0 Å². The first kappa shape index (κ1) is 23.7. The van der Waals surface area contributed by atoms with Crippen LogP contribution in [0.5, 0.6) is 0 Å². The molecule has 0 spiro atoms. The van der Waals surface area contributed by atoms with Gasteiger partial charge in [0.15, 0.2) is 0 Å². The van der Waals surface area contributed by atoms with E-state index in [1.54, 1.807) is 48.7 Å². The third-order valence-corrected chi connectivity index (χ3v) is 8.28. The van der Waals surface area contributed by atoms with Crippen LogP contribution in [0.2, 0.25) is 10.0 Å². The number of hydrogen-bond acceptors (Lipinski definition) is 5. The third kappa shape index (κ3) is 5.54. The molecular formula is C23H19Cl2N3O3S2. The van der Waals surface area contributed by atoms with Crippen molar-refractivity contribution in [1.29, 1.82) is 0 Å². The van der Waals surface area contributed by atoms with Crippen LogP contribution in [0.3, 0.4) is 0 Å². The molecule has 1 heterocycles. The van der Waals surface area contributed by atoms with Crippen LogP contribution in [0.25, 0.3) is 10.1 Å². The maximum absolute atomic E-state index is 13.4. The molecule has 6 nitrogen and oxygen atoms in total. The first-order valence-electron chi connectivity index (χ1n) is 9.87. The van der Waals surface area contributed by atoms with Crippen LogP contribution in [0.15, 0.2) is 71.8 Å². The number of carbonyl (C=O) groups is 1. The molecule has 1 amide bonds. The Hall–Kier alpha value is -2.49. The van der Waals surface area contributed by atoms with E-state index in [0.717, 1.165) is 20.0 Å². The fourth-order valence-electron chi connectivity index (χ4n) is 3.24. The lowest BCUT2D eigenvalue weighted by atomic mass is 10.2. The number of carbonyl (C=O) groups excluding carboxylic acids is 1. The number of amides is 1. The van der Waals surface area contributed by atoms with E-state index in [1.165, 1.54) is 23.7 Å². The lowest BCUT2D eigenvalue weighted by molar-refractivity contribution is -0.116. The molecule has 0 bridgehead atoms. The van der Waals surface area contributed by atoms with Crippen LogP contribution in [0, 0.1) is 6.92 Å². The summed E-state index contributed by atoms with van der Waals surface area (Å²) in [4.78, 5) is 13.0. The van der Waals surface area contributed by atoms with Crippen molar-refractivity contribution < 1.29 is 13.2 Å². The van der Waals surface area contributed by atoms with Gasteiger partial charge in [-0.25, -0.2) is 8.42 Å². The lowest BCUT2D eigenvalue weighted by Crippen LogP contribution is -2.37. The van der Waals surface area contributed by atoms with E-state index in [1.807, 2.05) is 13.0 Å². The number of aryl methyl sites for hydroxylation is 1. The van der Waals surface area contributed by atoms with Crippen LogP contribution in [-0.2, 0) is 21.4 Å². The molecule has 0 fully saturated rings. The molecule has 0 atom stereocenters. The Morgan fingerprint density at radius 2 is 1.79 bits per heavy atom. The van der Waals surface area contributed by atoms with Crippen LogP contribution in [-0.4, -0.2) is 29.5 Å². The largest absolute Gasteiger partial charge is 0.325 e. The van der Waals surface area contributed by atoms with E-state index in [2.05, 4.69) is 9.69 Å². The number of nitrogens with one attached hydrogen (secondary N) is 1. The number of halogens is 2. The Balaban J connectivity index is 1.61. The van der Waals surface area contributed by atoms with Crippen molar-refractivity contribution in [2.24, 2.45) is 0 Å². The van der Waals surface area contributed by atoms with E-state index in [4.69, 9.17) is 23.2 Å². The van der Waals surface area contributed by atoms with Crippen molar-refractivity contribution in [3.05, 3.63) is 88.0 Å². The number of sulfonamides is 1. The van der Waals surface area contributed by atoms with Gasteiger partial charge in [0.05, 0.1) is 26.2 Å². The molecule has 0 aliphatic carbocycles. The van der Waals surface area contributed by atoms with Gasteiger partial charge in [0.2, 0.25) is 15.9 Å². The molecule has 3 aromatic carbocycles. The number of benzene rings is 3. The zero-order valence-electron chi connectivity index (χ0n) is 17.5. The summed E-state index contributed by atoms with van der Waals surface area (Å²) in [6.45, 7) is 1.45. The SMILES string of the molecule is Cc1ccc(S(=O)(=O)N(CC(=O)Nc2ccc3sncc3c2)Cc2ccc(Cl)c(Cl)c2)cc1. The average Bonchev–Trinajstić information content (AvgIpc) is 3.24. The van der Waals surface area contributed by atoms with Crippen molar-refractivity contribution in [3.8, 4) is 0 Å². The second-order valence-electron chi connectivity index (χ2n) is 7.46. The molecule has 0 saturated heterocycles. The lowest BCUT2D eigenvalue weighted by Gasteiger charge is -2.22. The first-order chi connectivity index (χ1) is 15.7. The normalized spacial score (nSPS) is 11.8. The van der Waals surface area contributed by atoms with Crippen molar-refractivity contribution in [3.63, 3.8) is 0 Å². The molecule has 4 aromatic rings. The molecule has 10 heteroatoms. The number of rotatable bonds is 7. The predicted octanol–water partition coefficient (Wildman–Crippen LogP) is 5.74. The van der Waals surface area contributed by atoms with E-state index < -0.39 is 15.9 Å². The van der Waals surface area contributed by atoms with E-state index in [0.29, 0.717) is 21.3 Å². The minimum atomic E-state index is -3.96. The summed E-state index contributed by atoms with van der Waals surface area (Å²) in [5, 5.41) is 4.35. The molecule has 1 aromatic heterocycles. The Kier molecular flexibility index (Phi) is 7.02. The fourth-order valence-corrected chi connectivity index (χ4v) is 5.57. The number of nitrogens with zero attached hydrogens (tertiary/aromatic N) is 2. The zero-order valence-corrected chi connectivity index (χ0v) is 20.6. The summed E-state index contributed by atoms with van der Waals surface area (Å²) in [7, 11) is -3.96. The average molecular weight is 520 g/mol. The van der Waals surface area contributed by atoms with Crippen molar-refractivity contribution in [2.45, 2.75) is 18.4 Å². The van der Waals surface area contributed by atoms with Crippen molar-refractivity contribution >= 4 is 66.4 Å². The Labute approximate surface area is 206 Å². The standard InChI is InChI=1S/C23H19Cl2N3O3S2/c1-15-2-6-19(7-3-15)33(30,31)28(13-16-4-8-20(24)21(25)10-16)14-23(29)27-18-5-9-22-17(11-18)12-26-32-22/h2-12H,13-14H2,1H3,(H,27,29). The van der Waals surface area contributed by atoms with E-state index in [9.17, 15) is 13.2 Å². The highest BCUT2D eigenvalue weighted by atomic mass is 35.5. The summed E-state index contributed by atoms with van der Waals surface area (Å²) in [6, 6.07) is 16.8. The molecule has 33 heavy (non-hydrogen) atoms. The van der Waals surface area contributed by atoms with Gasteiger partial charge in [-0.3, -0.25) is 4.79 Å². The molecule has 0 saturated carbocycles. The summed E-state index contributed by atoms with van der Waals surface area (Å²) in [5.41, 5.74) is 2.11. The maximum atomic E-state index is 13.4. The minimum Gasteiger partial charge on any atom is -0.325 e. The van der Waals surface area contributed by atoms with Gasteiger partial charge in [0.25, 0.3) is 0 Å². The second-order valence-corrected chi connectivity index (χ2v) is 11.0. The Bertz CT molecular complexity index is 1420. The van der Waals surface area contributed by atoms with Gasteiger partial charge in [-0.05, 0) is 66.5 Å². The number of fused-ring (bicyclic) bond motifs is 1. The number of anilines is 1. The topological polar surface area (TPSA) is 79.4 Å². The predicted molar refractivity (Wildman–Crippen MR) is 133 cm³/mol. The first-order valence-corrected chi connectivity index (χ1v) is 12.8. The fraction of sp³-hybridized carbons (Fsp3) is 0.130. The van der Waals surface area contributed by atoms with Gasteiger partial charge >= 0.3 is 0 Å². The molecular weight excluding hydrogens is 501 g/mol. The molecule has 0 aliphatic heterocycles. The molecule has 170 valence electrons. The van der Waals surface area contributed by atoms with Crippen LogP contribution in [0.4, 0.5) is 5.69 Å². The monoisotopic (exact) mass is 519 g/mol. The van der Waals surface area contributed by atoms with E-state index >= 15 is 0 Å². The summed E-state index contributed by atoms with van der Waals surface area (Å²) >= 11 is 13.5. The Morgan fingerprint density at radius 3 is 2.52 bits per heavy atom. The quantitative estimate of drug-likeness (QED) is 0.337. The van der Waals surface area contributed by atoms with Crippen molar-refractivity contribution in [1.82, 2.24) is 8.68 Å². The van der Waals surface area contributed by atoms with Crippen molar-refractivity contribution in [2.75, 3.05) is 11.9 Å². The molecule has 4 rings (SSSR count). The van der Waals surface area contributed by atoms with Gasteiger partial charge in [-0.2, -0.15) is 8.68 Å². The third-order valence-electron chi connectivity index (χ3n) is 4.96. The molecule has 1 N–H and O–H groups in total. The molecule has 0 unspecified atom stereocenters. The summed E-state index contributed by atoms with van der Waals surface area (Å²) in [6.07, 6.45) is 1.72. The molecule has 0 aliphatic rings. The smallest absolute Gasteiger partial charge is 0.243 e. The summed E-state index contributed by atoms with van der Waals surface area (Å²) in [5.74, 6) is -0.465. The summed E-state index contributed by atoms with van der Waals surface area (Å²) < 4.78 is 33.1. The van der Waals surface area contributed by atoms with Gasteiger partial charge in [0, 0.05) is 23.8 Å².